The number of carboxylic acid groups (broad SMARTS) is 1. The van der Waals surface area contributed by atoms with Gasteiger partial charge in [0.25, 0.3) is 11.8 Å². The van der Waals surface area contributed by atoms with Gasteiger partial charge in [-0.15, -0.1) is 0 Å². The number of carbonyl (C=O) groups is 4. The molecule has 3 amide bonds. The zero-order chi connectivity index (χ0) is 41.5. The minimum Gasteiger partial charge on any atom is -0.477 e. The van der Waals surface area contributed by atoms with E-state index >= 15 is 0 Å². The van der Waals surface area contributed by atoms with Crippen LogP contribution >= 0.6 is 22.9 Å². The van der Waals surface area contributed by atoms with Crippen molar-refractivity contribution in [2.75, 3.05) is 70.8 Å². The van der Waals surface area contributed by atoms with Crippen molar-refractivity contribution in [3.8, 4) is 5.13 Å². The van der Waals surface area contributed by atoms with Gasteiger partial charge in [0, 0.05) is 99.7 Å². The van der Waals surface area contributed by atoms with Gasteiger partial charge in [-0.1, -0.05) is 35.1 Å². The number of nitrogens with zero attached hydrogens (tertiary/aromatic N) is 7. The highest BCUT2D eigenvalue weighted by Crippen LogP contribution is 2.34. The maximum absolute atomic E-state index is 14.0. The van der Waals surface area contributed by atoms with Gasteiger partial charge >= 0.3 is 12.1 Å². The largest absolute Gasteiger partial charge is 0.477 e. The number of aliphatic carboxylic acids is 1. The van der Waals surface area contributed by atoms with Gasteiger partial charge in [-0.05, 0) is 30.3 Å². The maximum atomic E-state index is 14.0. The monoisotopic (exact) mass is 853 g/mol. The molecule has 0 atom stereocenters. The quantitative estimate of drug-likeness (QED) is 0.139. The summed E-state index contributed by atoms with van der Waals surface area (Å²) in [6, 6.07) is 11.6. The number of H-pyrrole nitrogens is 1. The highest BCUT2D eigenvalue weighted by molar-refractivity contribution is 7.20. The van der Waals surface area contributed by atoms with E-state index in [1.54, 1.807) is 21.9 Å². The number of anilines is 1. The number of aromatic amines is 1. The van der Waals surface area contributed by atoms with E-state index in [4.69, 9.17) is 11.6 Å². The number of carboxylic acids is 1. The molecule has 3 saturated heterocycles. The standard InChI is InChI=1S/C39H40ClF3N10O5S/c40-29-16-26(47-35(56)34-45-19-27(46-34)15-25-20-52(49-33(25)39(41,42)43)38-48-30-3-1-2-4-31(30)59-38)5-6-28(29)37(58)51-11-9-50(10-12-51)36(57)24-7-13-53(14-8-24,22-32(54)55)21-23-17-44-18-23/h1-6,16,19-20,23-24,44H,7-15,17-18,21-22H2,(H2-,45,46,47,54,55,56,58)/p+1. The first kappa shape index (κ1) is 40.4. The number of thiazole rings is 1. The minimum absolute atomic E-state index is 0.0417. The summed E-state index contributed by atoms with van der Waals surface area (Å²) in [4.78, 5) is 66.4. The van der Waals surface area contributed by atoms with Crippen molar-refractivity contribution in [3.05, 3.63) is 88.2 Å². The lowest BCUT2D eigenvalue weighted by Crippen LogP contribution is -2.62. The topological polar surface area (TPSA) is 178 Å². The van der Waals surface area contributed by atoms with Crippen LogP contribution in [0.2, 0.25) is 5.02 Å². The number of halogens is 4. The molecule has 59 heavy (non-hydrogen) atoms. The van der Waals surface area contributed by atoms with Crippen molar-refractivity contribution in [1.82, 2.24) is 39.8 Å². The van der Waals surface area contributed by atoms with Crippen molar-refractivity contribution >= 4 is 62.5 Å². The Morgan fingerprint density at radius 1 is 1.02 bits per heavy atom. The Balaban J connectivity index is 0.846. The summed E-state index contributed by atoms with van der Waals surface area (Å²) in [5.74, 6) is -1.63. The Bertz CT molecular complexity index is 2360. The first-order valence-electron chi connectivity index (χ1n) is 19.3. The van der Waals surface area contributed by atoms with Gasteiger partial charge in [0.2, 0.25) is 11.0 Å². The Labute approximate surface area is 344 Å². The van der Waals surface area contributed by atoms with E-state index < -0.39 is 23.7 Å². The Hall–Kier alpha value is -5.37. The van der Waals surface area contributed by atoms with Gasteiger partial charge in [0.05, 0.1) is 40.4 Å². The summed E-state index contributed by atoms with van der Waals surface area (Å²) in [5, 5.41) is 19.7. The molecule has 20 heteroatoms. The number of fused-ring (bicyclic) bond motifs is 1. The predicted molar refractivity (Wildman–Crippen MR) is 211 cm³/mol. The van der Waals surface area contributed by atoms with Crippen LogP contribution in [0.15, 0.2) is 54.9 Å². The molecule has 0 spiro atoms. The summed E-state index contributed by atoms with van der Waals surface area (Å²) < 4.78 is 44.5. The SMILES string of the molecule is O=C(O)C[N+]1(CC2CNC2)CCC(C(=O)N2CCN(C(=O)c3ccc(NC(=O)c4ncc(Cc5cn(-c6nc7ccccc7s6)nc5C(F)(F)F)[nH]4)cc3Cl)CC2)CC1. The molecule has 0 saturated carbocycles. The van der Waals surface area contributed by atoms with E-state index in [0.717, 1.165) is 29.0 Å². The lowest BCUT2D eigenvalue weighted by molar-refractivity contribution is -0.929. The van der Waals surface area contributed by atoms with Crippen LogP contribution in [0.5, 0.6) is 0 Å². The number of piperazine rings is 1. The Morgan fingerprint density at radius 2 is 1.75 bits per heavy atom. The average molecular weight is 854 g/mol. The van der Waals surface area contributed by atoms with E-state index in [2.05, 4.69) is 30.7 Å². The van der Waals surface area contributed by atoms with Crippen molar-refractivity contribution in [3.63, 3.8) is 0 Å². The number of hydrogen-bond donors (Lipinski definition) is 4. The molecule has 3 aliphatic rings. The molecule has 0 radical (unpaired) electrons. The summed E-state index contributed by atoms with van der Waals surface area (Å²) in [6.07, 6.45) is -1.16. The van der Waals surface area contributed by atoms with Crippen LogP contribution in [-0.4, -0.2) is 133 Å². The second-order valence-corrected chi connectivity index (χ2v) is 16.8. The summed E-state index contributed by atoms with van der Waals surface area (Å²) in [5.41, 5.74) is 0.176. The molecule has 2 aromatic carbocycles. The van der Waals surface area contributed by atoms with Crippen molar-refractivity contribution < 1.29 is 41.9 Å². The molecule has 15 nitrogen and oxygen atoms in total. The predicted octanol–water partition coefficient (Wildman–Crippen LogP) is 4.54. The van der Waals surface area contributed by atoms with Gasteiger partial charge in [-0.2, -0.15) is 18.3 Å². The summed E-state index contributed by atoms with van der Waals surface area (Å²) >= 11 is 7.75. The minimum atomic E-state index is -4.74. The number of amides is 3. The number of carbonyl (C=O) groups excluding carboxylic acids is 3. The zero-order valence-electron chi connectivity index (χ0n) is 31.7. The molecule has 0 bridgehead atoms. The normalized spacial score (nSPS) is 20.1. The molecule has 310 valence electrons. The lowest BCUT2D eigenvalue weighted by atomic mass is 9.90. The Kier molecular flexibility index (Phi) is 11.2. The number of rotatable bonds is 11. The first-order valence-corrected chi connectivity index (χ1v) is 20.5. The average Bonchev–Trinajstić information content (AvgIpc) is 3.95. The Morgan fingerprint density at radius 3 is 2.41 bits per heavy atom. The van der Waals surface area contributed by atoms with Crippen molar-refractivity contribution in [2.45, 2.75) is 25.4 Å². The van der Waals surface area contributed by atoms with Crippen LogP contribution < -0.4 is 10.6 Å². The number of alkyl halides is 3. The van der Waals surface area contributed by atoms with E-state index in [9.17, 15) is 37.5 Å². The van der Waals surface area contributed by atoms with Crippen LogP contribution in [0, 0.1) is 11.8 Å². The smallest absolute Gasteiger partial charge is 0.435 e. The van der Waals surface area contributed by atoms with Gasteiger partial charge < -0.3 is 35.0 Å². The first-order chi connectivity index (χ1) is 28.2. The fraction of sp³-hybridized carbons (Fsp3) is 0.410. The van der Waals surface area contributed by atoms with Crippen LogP contribution in [0.1, 0.15) is 50.8 Å². The summed E-state index contributed by atoms with van der Waals surface area (Å²) in [7, 11) is 0. The van der Waals surface area contributed by atoms with Crippen LogP contribution in [-0.2, 0) is 22.2 Å². The van der Waals surface area contributed by atoms with Crippen LogP contribution in [0.3, 0.4) is 0 Å². The molecular formula is C39H41ClF3N10O5S+. The van der Waals surface area contributed by atoms with Gasteiger partial charge in [-0.3, -0.25) is 14.4 Å². The molecule has 5 aromatic rings. The number of quaternary nitrogens is 1. The number of likely N-dealkylation sites (tertiary alicyclic amines) is 1. The van der Waals surface area contributed by atoms with E-state index in [-0.39, 0.29) is 69.2 Å². The van der Waals surface area contributed by atoms with Crippen LogP contribution in [0.4, 0.5) is 18.9 Å². The molecule has 3 fully saturated rings. The molecule has 6 heterocycles. The van der Waals surface area contributed by atoms with Gasteiger partial charge in [-0.25, -0.2) is 19.4 Å². The van der Waals surface area contributed by atoms with Gasteiger partial charge in [0.15, 0.2) is 18.1 Å². The number of aromatic nitrogens is 5. The lowest BCUT2D eigenvalue weighted by Gasteiger charge is -2.46. The third kappa shape index (κ3) is 8.83. The molecule has 3 aromatic heterocycles. The summed E-state index contributed by atoms with van der Waals surface area (Å²) in [6.45, 7) is 5.34. The number of piperidine rings is 1. The molecule has 4 N–H and O–H groups in total. The second kappa shape index (κ2) is 16.4. The fourth-order valence-corrected chi connectivity index (χ4v) is 9.35. The number of para-hydroxylation sites is 1. The number of hydrogen-bond acceptors (Lipinski definition) is 9. The third-order valence-corrected chi connectivity index (χ3v) is 12.7. The number of imidazole rings is 1. The van der Waals surface area contributed by atoms with Gasteiger partial charge in [0.1, 0.15) is 0 Å². The van der Waals surface area contributed by atoms with Crippen molar-refractivity contribution in [1.29, 1.82) is 0 Å². The maximum Gasteiger partial charge on any atom is 0.435 e. The van der Waals surface area contributed by atoms with E-state index in [1.807, 2.05) is 12.1 Å². The third-order valence-electron chi connectivity index (χ3n) is 11.3. The zero-order valence-corrected chi connectivity index (χ0v) is 33.2. The number of nitrogens with one attached hydrogen (secondary N) is 3. The highest BCUT2D eigenvalue weighted by Gasteiger charge is 2.42. The van der Waals surface area contributed by atoms with E-state index in [0.29, 0.717) is 68.0 Å². The highest BCUT2D eigenvalue weighted by atomic mass is 35.5. The fourth-order valence-electron chi connectivity index (χ4n) is 8.20. The number of benzene rings is 2. The van der Waals surface area contributed by atoms with E-state index in [1.165, 1.54) is 41.9 Å². The van der Waals surface area contributed by atoms with Crippen LogP contribution in [0.25, 0.3) is 15.3 Å². The molecule has 8 rings (SSSR count). The second-order valence-electron chi connectivity index (χ2n) is 15.4. The molecular weight excluding hydrogens is 813 g/mol. The molecule has 0 unspecified atom stereocenters. The molecule has 3 aliphatic heterocycles. The van der Waals surface area contributed by atoms with Crippen molar-refractivity contribution in [2.24, 2.45) is 11.8 Å². The molecule has 0 aliphatic carbocycles.